The fraction of sp³-hybridized carbons (Fsp3) is 1.00. The summed E-state index contributed by atoms with van der Waals surface area (Å²) in [6.07, 6.45) is 7.53. The fourth-order valence-electron chi connectivity index (χ4n) is 7.90. The molecule has 0 N–H and O–H groups in total. The molecule has 1 nitrogen and oxygen atoms in total. The lowest BCUT2D eigenvalue weighted by Crippen LogP contribution is -2.73. The largest absolute Gasteiger partial charge is 0.344 e. The molecule has 200 valence electrons. The Kier molecular flexibility index (Phi) is 15.7. The van der Waals surface area contributed by atoms with Crippen LogP contribution in [0.15, 0.2) is 0 Å². The molecule has 0 amide bonds. The van der Waals surface area contributed by atoms with Gasteiger partial charge in [-0.3, -0.25) is 0 Å². The number of unbranched alkanes of at least 4 members (excludes halogenated alkanes) is 5. The zero-order valence-corrected chi connectivity index (χ0v) is 29.5. The molecule has 0 fully saturated rings. The first-order valence-corrected chi connectivity index (χ1v) is 23.4. The molecule has 0 saturated carbocycles. The fourth-order valence-corrected chi connectivity index (χ4v) is 29.9. The molecule has 0 aromatic heterocycles. The standard InChI is InChI=1S/C26H58Cl3NSi3/c1-21(2)32(22(3)4,23(5)6)30(33(24(7)8,25(9)10)26(11)12)19-17-15-13-14-16-18-20-31(27,28)29/h21-26H,13-20H2,1-12H3. The summed E-state index contributed by atoms with van der Waals surface area (Å²) in [5, 5.41) is 0. The van der Waals surface area contributed by atoms with E-state index >= 15 is 0 Å². The Hall–Kier alpha value is 1.48. The van der Waals surface area contributed by atoms with Gasteiger partial charge >= 0.3 is 6.00 Å². The molecule has 0 aliphatic rings. The third kappa shape index (κ3) is 8.78. The Balaban J connectivity index is 5.84. The number of rotatable bonds is 17. The molecule has 0 aromatic carbocycles. The van der Waals surface area contributed by atoms with Gasteiger partial charge in [-0.2, -0.15) is 0 Å². The molecule has 0 radical (unpaired) electrons. The normalized spacial score (nSPS) is 14.4. The van der Waals surface area contributed by atoms with Crippen LogP contribution in [0.5, 0.6) is 0 Å². The Morgan fingerprint density at radius 2 is 0.727 bits per heavy atom. The molecule has 0 aromatic rings. The van der Waals surface area contributed by atoms with Crippen molar-refractivity contribution in [2.75, 3.05) is 6.54 Å². The van der Waals surface area contributed by atoms with Gasteiger partial charge in [0.25, 0.3) is 0 Å². The summed E-state index contributed by atoms with van der Waals surface area (Å²) < 4.78 is 3.33. The Labute approximate surface area is 226 Å². The molecule has 33 heavy (non-hydrogen) atoms. The van der Waals surface area contributed by atoms with Crippen LogP contribution < -0.4 is 0 Å². The summed E-state index contributed by atoms with van der Waals surface area (Å²) in [5.74, 6) is 0. The van der Waals surface area contributed by atoms with Crippen molar-refractivity contribution in [2.45, 2.75) is 161 Å². The van der Waals surface area contributed by atoms with E-state index in [0.29, 0.717) is 0 Å². The molecule has 0 atom stereocenters. The maximum Gasteiger partial charge on any atom is 0.341 e. The van der Waals surface area contributed by atoms with Gasteiger partial charge in [0.15, 0.2) is 0 Å². The van der Waals surface area contributed by atoms with E-state index in [1.807, 2.05) is 0 Å². The predicted molar refractivity (Wildman–Crippen MR) is 165 cm³/mol. The van der Waals surface area contributed by atoms with Crippen molar-refractivity contribution in [2.24, 2.45) is 0 Å². The lowest BCUT2D eigenvalue weighted by Gasteiger charge is -2.63. The summed E-state index contributed by atoms with van der Waals surface area (Å²) in [6, 6.07) is -1.63. The van der Waals surface area contributed by atoms with Crippen LogP contribution in [0.25, 0.3) is 0 Å². The average Bonchev–Trinajstić information content (AvgIpc) is 2.61. The highest BCUT2D eigenvalue weighted by molar-refractivity contribution is 7.64. The van der Waals surface area contributed by atoms with Crippen LogP contribution in [0.3, 0.4) is 0 Å². The highest BCUT2D eigenvalue weighted by Gasteiger charge is 2.58. The molecular formula is C26H58Cl3NSi3. The number of hydrogen-bond acceptors (Lipinski definition) is 1. The van der Waals surface area contributed by atoms with E-state index in [-0.39, 0.29) is 0 Å². The first-order chi connectivity index (χ1) is 15.0. The van der Waals surface area contributed by atoms with Crippen LogP contribution in [-0.4, -0.2) is 33.2 Å². The van der Waals surface area contributed by atoms with Gasteiger partial charge < -0.3 is 4.23 Å². The van der Waals surface area contributed by atoms with Crippen molar-refractivity contribution >= 4 is 55.7 Å². The van der Waals surface area contributed by atoms with E-state index in [2.05, 4.69) is 87.3 Å². The van der Waals surface area contributed by atoms with Gasteiger partial charge in [0.05, 0.1) is 0 Å². The zero-order valence-electron chi connectivity index (χ0n) is 24.2. The van der Waals surface area contributed by atoms with Gasteiger partial charge in [-0.15, -0.1) is 33.2 Å². The van der Waals surface area contributed by atoms with E-state index < -0.39 is 22.5 Å². The van der Waals surface area contributed by atoms with E-state index in [0.717, 1.165) is 45.7 Å². The first-order valence-electron chi connectivity index (χ1n) is 13.8. The highest BCUT2D eigenvalue weighted by atomic mass is 35.8. The van der Waals surface area contributed by atoms with E-state index in [4.69, 9.17) is 33.2 Å². The minimum Gasteiger partial charge on any atom is -0.344 e. The molecule has 0 unspecified atom stereocenters. The van der Waals surface area contributed by atoms with Crippen LogP contribution in [0.2, 0.25) is 39.3 Å². The summed E-state index contributed by atoms with van der Waals surface area (Å²) in [7, 11) is -3.45. The highest BCUT2D eigenvalue weighted by Crippen LogP contribution is 2.53. The quantitative estimate of drug-likeness (QED) is 0.0948. The van der Waals surface area contributed by atoms with Gasteiger partial charge in [0.2, 0.25) is 0 Å². The van der Waals surface area contributed by atoms with Crippen LogP contribution in [0.4, 0.5) is 0 Å². The molecule has 0 rings (SSSR count). The van der Waals surface area contributed by atoms with Gasteiger partial charge in [0, 0.05) is 0 Å². The first kappa shape index (κ1) is 34.5. The molecule has 0 saturated heterocycles. The molecule has 0 bridgehead atoms. The van der Waals surface area contributed by atoms with Crippen LogP contribution in [-0.2, 0) is 0 Å². The van der Waals surface area contributed by atoms with Crippen molar-refractivity contribution in [3.63, 3.8) is 0 Å². The second-order valence-corrected chi connectivity index (χ2v) is 33.6. The van der Waals surface area contributed by atoms with Crippen LogP contribution in [0.1, 0.15) is 122 Å². The van der Waals surface area contributed by atoms with Gasteiger partial charge in [-0.25, -0.2) is 0 Å². The summed E-state index contributed by atoms with van der Waals surface area (Å²) in [6.45, 7) is 31.9. The maximum atomic E-state index is 6.04. The topological polar surface area (TPSA) is 3.24 Å². The van der Waals surface area contributed by atoms with Gasteiger partial charge in [-0.1, -0.05) is 115 Å². The lowest BCUT2D eigenvalue weighted by atomic mass is 10.1. The van der Waals surface area contributed by atoms with Crippen molar-refractivity contribution < 1.29 is 0 Å². The summed E-state index contributed by atoms with van der Waals surface area (Å²) >= 11 is 18.1. The number of halogens is 3. The smallest absolute Gasteiger partial charge is 0.341 e. The molecule has 0 spiro atoms. The van der Waals surface area contributed by atoms with Crippen molar-refractivity contribution in [1.82, 2.24) is 4.23 Å². The van der Waals surface area contributed by atoms with Crippen molar-refractivity contribution in [3.05, 3.63) is 0 Å². The Morgan fingerprint density at radius 3 is 1.00 bits per heavy atom. The second kappa shape index (κ2) is 15.0. The lowest BCUT2D eigenvalue weighted by molar-refractivity contribution is 0.468. The average molecular weight is 575 g/mol. The van der Waals surface area contributed by atoms with E-state index in [1.54, 1.807) is 0 Å². The molecular weight excluding hydrogens is 517 g/mol. The van der Waals surface area contributed by atoms with Crippen LogP contribution >= 0.6 is 33.2 Å². The van der Waals surface area contributed by atoms with Crippen molar-refractivity contribution in [1.29, 1.82) is 0 Å². The summed E-state index contributed by atoms with van der Waals surface area (Å²) in [5.41, 5.74) is 4.62. The third-order valence-corrected chi connectivity index (χ3v) is 26.9. The van der Waals surface area contributed by atoms with E-state index in [1.165, 1.54) is 38.6 Å². The second-order valence-electron chi connectivity index (χ2n) is 12.3. The maximum absolute atomic E-state index is 6.04. The molecule has 0 heterocycles. The Bertz CT molecular complexity index is 456. The van der Waals surface area contributed by atoms with E-state index in [9.17, 15) is 0 Å². The van der Waals surface area contributed by atoms with Gasteiger partial charge in [-0.05, 0) is 52.3 Å². The summed E-state index contributed by atoms with van der Waals surface area (Å²) in [4.78, 5) is 0. The predicted octanol–water partition coefficient (Wildman–Crippen LogP) is 11.6. The monoisotopic (exact) mass is 573 g/mol. The number of hydrogen-bond donors (Lipinski definition) is 0. The van der Waals surface area contributed by atoms with Gasteiger partial charge in [0.1, 0.15) is 16.5 Å². The minimum absolute atomic E-state index is 0.770. The number of nitrogens with zero attached hydrogens (tertiary/aromatic N) is 1. The molecule has 7 heteroatoms. The SMILES string of the molecule is CC(C)[Si](C(C)C)(C(C)C)N(CCCCCCCC[Si](Cl)(Cl)Cl)[Si](C(C)C)(C(C)C)C(C)C. The Morgan fingerprint density at radius 1 is 0.455 bits per heavy atom. The van der Waals surface area contributed by atoms with Crippen molar-refractivity contribution in [3.8, 4) is 0 Å². The molecule has 0 aliphatic heterocycles. The minimum atomic E-state index is -2.44. The zero-order chi connectivity index (χ0) is 26.2. The molecule has 0 aliphatic carbocycles. The third-order valence-electron chi connectivity index (χ3n) is 8.58. The van der Waals surface area contributed by atoms with Crippen LogP contribution in [0, 0.1) is 0 Å².